The van der Waals surface area contributed by atoms with Crippen molar-refractivity contribution in [1.82, 2.24) is 0 Å². The van der Waals surface area contributed by atoms with E-state index >= 15 is 0 Å². The lowest BCUT2D eigenvalue weighted by Crippen LogP contribution is -1.83. The minimum Gasteiger partial charge on any atom is -0.493 e. The van der Waals surface area contributed by atoms with Gasteiger partial charge in [-0.25, -0.2) is 0 Å². The molecular formula is C7H10O. The third-order valence-electron chi connectivity index (χ3n) is 1.13. The van der Waals surface area contributed by atoms with Gasteiger partial charge in [0, 0.05) is 6.42 Å². The summed E-state index contributed by atoms with van der Waals surface area (Å²) in [5.41, 5.74) is 1.03. The predicted octanol–water partition coefficient (Wildman–Crippen LogP) is 1.87. The molecule has 0 radical (unpaired) electrons. The first-order valence-electron chi connectivity index (χ1n) is 2.79. The Balaban J connectivity index is 2.57. The van der Waals surface area contributed by atoms with Crippen molar-refractivity contribution in [1.29, 1.82) is 0 Å². The van der Waals surface area contributed by atoms with Crippen molar-refractivity contribution in [2.24, 2.45) is 0 Å². The first-order valence-corrected chi connectivity index (χ1v) is 2.79. The summed E-state index contributed by atoms with van der Waals surface area (Å²) in [7, 11) is 0. The first kappa shape index (κ1) is 5.42. The van der Waals surface area contributed by atoms with Crippen molar-refractivity contribution in [2.45, 2.75) is 13.3 Å². The van der Waals surface area contributed by atoms with Crippen LogP contribution in [0.25, 0.3) is 0 Å². The summed E-state index contributed by atoms with van der Waals surface area (Å²) in [5.74, 6) is 0.977. The second-order valence-corrected chi connectivity index (χ2v) is 1.99. The van der Waals surface area contributed by atoms with Crippen LogP contribution >= 0.6 is 0 Å². The molecule has 0 aliphatic carbocycles. The van der Waals surface area contributed by atoms with E-state index in [1.165, 1.54) is 0 Å². The molecule has 0 spiro atoms. The van der Waals surface area contributed by atoms with Crippen LogP contribution in [0.15, 0.2) is 24.0 Å². The zero-order valence-corrected chi connectivity index (χ0v) is 5.11. The summed E-state index contributed by atoms with van der Waals surface area (Å²) in [6.07, 6.45) is 3.12. The van der Waals surface area contributed by atoms with Crippen molar-refractivity contribution in [3.05, 3.63) is 24.0 Å². The van der Waals surface area contributed by atoms with Crippen LogP contribution < -0.4 is 0 Å². The van der Waals surface area contributed by atoms with Gasteiger partial charge >= 0.3 is 0 Å². The largest absolute Gasteiger partial charge is 0.493 e. The van der Waals surface area contributed by atoms with Crippen LogP contribution in [0.5, 0.6) is 0 Å². The number of rotatable bonds is 1. The van der Waals surface area contributed by atoms with E-state index in [2.05, 4.69) is 12.7 Å². The molecule has 1 nitrogen and oxygen atoms in total. The molecule has 1 rings (SSSR count). The molecule has 1 aliphatic heterocycles. The molecule has 0 atom stereocenters. The molecule has 0 unspecified atom stereocenters. The quantitative estimate of drug-likeness (QED) is 0.500. The molecule has 8 heavy (non-hydrogen) atoms. The van der Waals surface area contributed by atoms with E-state index in [0.29, 0.717) is 0 Å². The van der Waals surface area contributed by atoms with E-state index in [1.807, 2.05) is 6.92 Å². The van der Waals surface area contributed by atoms with Gasteiger partial charge in [0.25, 0.3) is 0 Å². The lowest BCUT2D eigenvalue weighted by molar-refractivity contribution is 0.252. The average molecular weight is 110 g/mol. The molecule has 0 saturated heterocycles. The molecule has 1 heterocycles. The minimum absolute atomic E-state index is 0.836. The lowest BCUT2D eigenvalue weighted by atomic mass is 10.3. The zero-order valence-electron chi connectivity index (χ0n) is 5.11. The van der Waals surface area contributed by atoms with Crippen molar-refractivity contribution in [3.63, 3.8) is 0 Å². The molecule has 0 amide bonds. The Morgan fingerprint density at radius 1 is 1.88 bits per heavy atom. The molecule has 1 heteroatoms. The summed E-state index contributed by atoms with van der Waals surface area (Å²) < 4.78 is 5.18. The number of allylic oxidation sites excluding steroid dienone is 1. The second kappa shape index (κ2) is 2.03. The van der Waals surface area contributed by atoms with E-state index < -0.39 is 0 Å². The summed E-state index contributed by atoms with van der Waals surface area (Å²) in [4.78, 5) is 0. The maximum absolute atomic E-state index is 5.18. The fraction of sp³-hybridized carbons (Fsp3) is 0.429. The van der Waals surface area contributed by atoms with Gasteiger partial charge in [-0.3, -0.25) is 0 Å². The zero-order chi connectivity index (χ0) is 5.98. The normalized spacial score (nSPS) is 17.4. The molecular weight excluding hydrogens is 100 g/mol. The standard InChI is InChI=1S/C7H10O/c1-6(2)7-4-3-5-8-7/h4H,1,3,5H2,2H3. The van der Waals surface area contributed by atoms with Crippen LogP contribution in [-0.2, 0) is 4.74 Å². The van der Waals surface area contributed by atoms with Gasteiger partial charge in [0.05, 0.1) is 6.61 Å². The van der Waals surface area contributed by atoms with E-state index in [9.17, 15) is 0 Å². The monoisotopic (exact) mass is 110 g/mol. The fourth-order valence-corrected chi connectivity index (χ4v) is 0.715. The smallest absolute Gasteiger partial charge is 0.117 e. The highest BCUT2D eigenvalue weighted by Gasteiger charge is 2.03. The van der Waals surface area contributed by atoms with Crippen molar-refractivity contribution in [3.8, 4) is 0 Å². The van der Waals surface area contributed by atoms with Gasteiger partial charge in [-0.2, -0.15) is 0 Å². The number of ether oxygens (including phenoxy) is 1. The molecule has 0 N–H and O–H groups in total. The van der Waals surface area contributed by atoms with Crippen LogP contribution in [0.1, 0.15) is 13.3 Å². The summed E-state index contributed by atoms with van der Waals surface area (Å²) in [6, 6.07) is 0. The van der Waals surface area contributed by atoms with Gasteiger partial charge in [0.1, 0.15) is 5.76 Å². The van der Waals surface area contributed by atoms with Gasteiger partial charge < -0.3 is 4.74 Å². The van der Waals surface area contributed by atoms with Crippen LogP contribution in [0, 0.1) is 0 Å². The van der Waals surface area contributed by atoms with Gasteiger partial charge in [-0.1, -0.05) is 6.58 Å². The molecule has 0 aromatic heterocycles. The van der Waals surface area contributed by atoms with Crippen molar-refractivity contribution < 1.29 is 4.74 Å². The Bertz CT molecular complexity index is 133. The highest BCUT2D eigenvalue weighted by molar-refractivity contribution is 5.21. The highest BCUT2D eigenvalue weighted by atomic mass is 16.5. The molecule has 0 saturated carbocycles. The van der Waals surface area contributed by atoms with Gasteiger partial charge in [-0.15, -0.1) is 0 Å². The summed E-state index contributed by atoms with van der Waals surface area (Å²) in [6.45, 7) is 6.53. The first-order chi connectivity index (χ1) is 3.80. The number of hydrogen-bond acceptors (Lipinski definition) is 1. The van der Waals surface area contributed by atoms with E-state index in [0.717, 1.165) is 24.4 Å². The Morgan fingerprint density at radius 3 is 2.88 bits per heavy atom. The molecule has 1 aliphatic rings. The second-order valence-electron chi connectivity index (χ2n) is 1.99. The predicted molar refractivity (Wildman–Crippen MR) is 33.5 cm³/mol. The lowest BCUT2D eigenvalue weighted by Gasteiger charge is -1.98. The van der Waals surface area contributed by atoms with Gasteiger partial charge in [-0.05, 0) is 18.6 Å². The topological polar surface area (TPSA) is 9.23 Å². The Morgan fingerprint density at radius 2 is 2.62 bits per heavy atom. The Hall–Kier alpha value is -0.720. The minimum atomic E-state index is 0.836. The third kappa shape index (κ3) is 0.915. The van der Waals surface area contributed by atoms with Gasteiger partial charge in [0.2, 0.25) is 0 Å². The summed E-state index contributed by atoms with van der Waals surface area (Å²) >= 11 is 0. The van der Waals surface area contributed by atoms with Crippen molar-refractivity contribution in [2.75, 3.05) is 6.61 Å². The highest BCUT2D eigenvalue weighted by Crippen LogP contribution is 2.15. The average Bonchev–Trinajstić information content (AvgIpc) is 2.12. The van der Waals surface area contributed by atoms with Crippen LogP contribution in [0.2, 0.25) is 0 Å². The number of hydrogen-bond donors (Lipinski definition) is 0. The van der Waals surface area contributed by atoms with E-state index in [4.69, 9.17) is 4.74 Å². The molecule has 0 fully saturated rings. The van der Waals surface area contributed by atoms with E-state index in [-0.39, 0.29) is 0 Å². The maximum atomic E-state index is 5.18. The van der Waals surface area contributed by atoms with Crippen molar-refractivity contribution >= 4 is 0 Å². The van der Waals surface area contributed by atoms with Crippen LogP contribution in [0.4, 0.5) is 0 Å². The molecule has 0 aromatic rings. The van der Waals surface area contributed by atoms with Crippen LogP contribution in [-0.4, -0.2) is 6.61 Å². The Kier molecular flexibility index (Phi) is 1.38. The molecule has 0 aromatic carbocycles. The van der Waals surface area contributed by atoms with Gasteiger partial charge in [0.15, 0.2) is 0 Å². The van der Waals surface area contributed by atoms with Crippen LogP contribution in [0.3, 0.4) is 0 Å². The Labute approximate surface area is 49.7 Å². The van der Waals surface area contributed by atoms with E-state index in [1.54, 1.807) is 0 Å². The molecule has 44 valence electrons. The SMILES string of the molecule is C=C(C)C1=CCCO1. The molecule has 0 bridgehead atoms. The maximum Gasteiger partial charge on any atom is 0.117 e. The summed E-state index contributed by atoms with van der Waals surface area (Å²) in [5, 5.41) is 0. The fourth-order valence-electron chi connectivity index (χ4n) is 0.715. The third-order valence-corrected chi connectivity index (χ3v) is 1.13.